The highest BCUT2D eigenvalue weighted by Gasteiger charge is 2.26. The summed E-state index contributed by atoms with van der Waals surface area (Å²) in [5.74, 6) is -0.586. The van der Waals surface area contributed by atoms with Crippen LogP contribution in [0.3, 0.4) is 0 Å². The fraction of sp³-hybridized carbons (Fsp3) is 0.105. The number of ether oxygens (including phenoxy) is 1. The first-order valence-electron chi connectivity index (χ1n) is 7.89. The molecule has 0 bridgehead atoms. The number of carbonyl (C=O) groups excluding carboxylic acids is 3. The molecular weight excluding hydrogens is 400 g/mol. The van der Waals surface area contributed by atoms with Crippen LogP contribution in [-0.4, -0.2) is 24.3 Å². The van der Waals surface area contributed by atoms with Crippen molar-refractivity contribution in [2.75, 3.05) is 11.9 Å². The van der Waals surface area contributed by atoms with Gasteiger partial charge < -0.3 is 10.1 Å². The Morgan fingerprint density at radius 3 is 2.69 bits per heavy atom. The first kappa shape index (κ1) is 17.9. The average molecular weight is 415 g/mol. The van der Waals surface area contributed by atoms with Crippen LogP contribution in [0.15, 0.2) is 46.9 Å². The van der Waals surface area contributed by atoms with E-state index in [9.17, 15) is 14.4 Å². The number of imide groups is 1. The Balaban J connectivity index is 1.75. The third kappa shape index (κ3) is 3.83. The molecule has 2 N–H and O–H groups in total. The van der Waals surface area contributed by atoms with E-state index in [4.69, 9.17) is 4.74 Å². The molecular formula is C19H15BrN2O4. The van der Waals surface area contributed by atoms with Crippen molar-refractivity contribution in [1.29, 1.82) is 0 Å². The van der Waals surface area contributed by atoms with Gasteiger partial charge >= 0.3 is 0 Å². The van der Waals surface area contributed by atoms with Crippen LogP contribution in [0.2, 0.25) is 0 Å². The quantitative estimate of drug-likeness (QED) is 0.579. The van der Waals surface area contributed by atoms with E-state index in [0.29, 0.717) is 23.6 Å². The second-order valence-electron chi connectivity index (χ2n) is 5.48. The standard InChI is InChI=1S/C19H15BrN2O4/c1-2-26-16-7-4-12(20)9-11(16)3-8-17(23)21-13-5-6-14-15(10-13)19(25)22-18(14)24/h3-10H,2H2,1H3,(H,21,23)(H,22,24,25)/b8-3+. The molecule has 0 atom stereocenters. The Kier molecular flexibility index (Phi) is 5.18. The van der Waals surface area contributed by atoms with Gasteiger partial charge in [-0.05, 0) is 49.4 Å². The van der Waals surface area contributed by atoms with E-state index in [1.165, 1.54) is 18.2 Å². The Bertz CT molecular complexity index is 937. The van der Waals surface area contributed by atoms with Gasteiger partial charge in [0, 0.05) is 21.8 Å². The van der Waals surface area contributed by atoms with Crippen molar-refractivity contribution in [2.24, 2.45) is 0 Å². The topological polar surface area (TPSA) is 84.5 Å². The minimum absolute atomic E-state index is 0.252. The first-order valence-corrected chi connectivity index (χ1v) is 8.68. The molecule has 0 aromatic heterocycles. The minimum atomic E-state index is -0.466. The molecule has 1 aliphatic heterocycles. The lowest BCUT2D eigenvalue weighted by molar-refractivity contribution is -0.111. The van der Waals surface area contributed by atoms with E-state index in [0.717, 1.165) is 10.0 Å². The molecule has 0 spiro atoms. The first-order chi connectivity index (χ1) is 12.5. The van der Waals surface area contributed by atoms with Gasteiger partial charge in [0.15, 0.2) is 0 Å². The minimum Gasteiger partial charge on any atom is -0.493 e. The summed E-state index contributed by atoms with van der Waals surface area (Å²) in [5, 5.41) is 4.88. The molecule has 1 aliphatic rings. The number of fused-ring (bicyclic) bond motifs is 1. The Labute approximate surface area is 158 Å². The number of hydrogen-bond donors (Lipinski definition) is 2. The monoisotopic (exact) mass is 414 g/mol. The van der Waals surface area contributed by atoms with Crippen molar-refractivity contribution in [1.82, 2.24) is 5.32 Å². The van der Waals surface area contributed by atoms with E-state index in [2.05, 4.69) is 26.6 Å². The van der Waals surface area contributed by atoms with E-state index in [1.807, 2.05) is 25.1 Å². The smallest absolute Gasteiger partial charge is 0.259 e. The maximum absolute atomic E-state index is 12.2. The summed E-state index contributed by atoms with van der Waals surface area (Å²) in [7, 11) is 0. The second-order valence-corrected chi connectivity index (χ2v) is 6.40. The Morgan fingerprint density at radius 2 is 1.92 bits per heavy atom. The predicted molar refractivity (Wildman–Crippen MR) is 101 cm³/mol. The van der Waals surface area contributed by atoms with Gasteiger partial charge in [0.25, 0.3) is 11.8 Å². The largest absolute Gasteiger partial charge is 0.493 e. The van der Waals surface area contributed by atoms with Crippen LogP contribution >= 0.6 is 15.9 Å². The van der Waals surface area contributed by atoms with Crippen molar-refractivity contribution in [3.63, 3.8) is 0 Å². The normalized spacial score (nSPS) is 12.8. The molecule has 26 heavy (non-hydrogen) atoms. The van der Waals surface area contributed by atoms with Gasteiger partial charge in [-0.2, -0.15) is 0 Å². The molecule has 2 aromatic carbocycles. The molecule has 0 radical (unpaired) electrons. The summed E-state index contributed by atoms with van der Waals surface area (Å²) in [6.45, 7) is 2.40. The lowest BCUT2D eigenvalue weighted by Crippen LogP contribution is -2.19. The summed E-state index contributed by atoms with van der Waals surface area (Å²) in [5.41, 5.74) is 1.75. The van der Waals surface area contributed by atoms with Crippen molar-refractivity contribution in [3.05, 3.63) is 63.6 Å². The summed E-state index contributed by atoms with van der Waals surface area (Å²) in [6.07, 6.45) is 3.03. The van der Waals surface area contributed by atoms with Gasteiger partial charge in [0.2, 0.25) is 5.91 Å². The van der Waals surface area contributed by atoms with Crippen molar-refractivity contribution >= 4 is 45.4 Å². The highest BCUT2D eigenvalue weighted by atomic mass is 79.9. The fourth-order valence-corrected chi connectivity index (χ4v) is 2.91. The van der Waals surface area contributed by atoms with E-state index in [-0.39, 0.29) is 11.5 Å². The highest BCUT2D eigenvalue weighted by molar-refractivity contribution is 9.10. The molecule has 3 amide bonds. The molecule has 0 saturated heterocycles. The molecule has 6 nitrogen and oxygen atoms in total. The van der Waals surface area contributed by atoms with E-state index in [1.54, 1.807) is 12.1 Å². The maximum atomic E-state index is 12.2. The predicted octanol–water partition coefficient (Wildman–Crippen LogP) is 3.38. The van der Waals surface area contributed by atoms with Crippen LogP contribution in [0, 0.1) is 0 Å². The van der Waals surface area contributed by atoms with Crippen molar-refractivity contribution < 1.29 is 19.1 Å². The lowest BCUT2D eigenvalue weighted by Gasteiger charge is -2.07. The molecule has 0 saturated carbocycles. The summed E-state index contributed by atoms with van der Waals surface area (Å²) < 4.78 is 6.41. The summed E-state index contributed by atoms with van der Waals surface area (Å²) in [6, 6.07) is 10.1. The Morgan fingerprint density at radius 1 is 1.15 bits per heavy atom. The number of hydrogen-bond acceptors (Lipinski definition) is 4. The van der Waals surface area contributed by atoms with Crippen LogP contribution in [0.1, 0.15) is 33.2 Å². The third-order valence-corrected chi connectivity index (χ3v) is 4.18. The Hall–Kier alpha value is -2.93. The van der Waals surface area contributed by atoms with Gasteiger partial charge in [-0.1, -0.05) is 15.9 Å². The zero-order valence-corrected chi connectivity index (χ0v) is 15.4. The molecule has 3 rings (SSSR count). The van der Waals surface area contributed by atoms with E-state index >= 15 is 0 Å². The second kappa shape index (κ2) is 7.53. The summed E-state index contributed by atoms with van der Waals surface area (Å²) in [4.78, 5) is 35.4. The number of halogens is 1. The highest BCUT2D eigenvalue weighted by Crippen LogP contribution is 2.25. The zero-order chi connectivity index (χ0) is 18.7. The number of carbonyl (C=O) groups is 3. The number of rotatable bonds is 5. The molecule has 2 aromatic rings. The van der Waals surface area contributed by atoms with Gasteiger partial charge in [-0.15, -0.1) is 0 Å². The molecule has 0 unspecified atom stereocenters. The van der Waals surface area contributed by atoms with Gasteiger partial charge in [0.1, 0.15) is 5.75 Å². The zero-order valence-electron chi connectivity index (χ0n) is 13.8. The molecule has 1 heterocycles. The van der Waals surface area contributed by atoms with Gasteiger partial charge in [-0.3, -0.25) is 19.7 Å². The number of amides is 3. The lowest BCUT2D eigenvalue weighted by atomic mass is 10.1. The molecule has 0 fully saturated rings. The van der Waals surface area contributed by atoms with Crippen LogP contribution < -0.4 is 15.4 Å². The molecule has 0 aliphatic carbocycles. The summed E-state index contributed by atoms with van der Waals surface area (Å²) >= 11 is 3.39. The van der Waals surface area contributed by atoms with E-state index < -0.39 is 11.8 Å². The maximum Gasteiger partial charge on any atom is 0.259 e. The number of nitrogens with one attached hydrogen (secondary N) is 2. The number of benzene rings is 2. The molecule has 7 heteroatoms. The SMILES string of the molecule is CCOc1ccc(Br)cc1/C=C/C(=O)Nc1ccc2c(c1)C(=O)NC2=O. The van der Waals surface area contributed by atoms with Gasteiger partial charge in [0.05, 0.1) is 17.7 Å². The van der Waals surface area contributed by atoms with Crippen molar-refractivity contribution in [2.45, 2.75) is 6.92 Å². The number of anilines is 1. The fourth-order valence-electron chi connectivity index (χ4n) is 2.53. The third-order valence-electron chi connectivity index (χ3n) is 3.69. The van der Waals surface area contributed by atoms with Crippen LogP contribution in [-0.2, 0) is 4.79 Å². The van der Waals surface area contributed by atoms with Crippen molar-refractivity contribution in [3.8, 4) is 5.75 Å². The average Bonchev–Trinajstić information content (AvgIpc) is 2.89. The van der Waals surface area contributed by atoms with Crippen LogP contribution in [0.25, 0.3) is 6.08 Å². The van der Waals surface area contributed by atoms with Crippen LogP contribution in [0.4, 0.5) is 5.69 Å². The van der Waals surface area contributed by atoms with Crippen LogP contribution in [0.5, 0.6) is 5.75 Å². The van der Waals surface area contributed by atoms with Gasteiger partial charge in [-0.25, -0.2) is 0 Å². The molecule has 132 valence electrons.